The summed E-state index contributed by atoms with van der Waals surface area (Å²) in [7, 11) is 0. The number of allylic oxidation sites excluding steroid dienone is 2. The van der Waals surface area contributed by atoms with E-state index in [4.69, 9.17) is 16.2 Å². The number of nitrogens with zero attached hydrogens (tertiary/aromatic N) is 2. The maximum atomic E-state index is 12.7. The van der Waals surface area contributed by atoms with Crippen LogP contribution in [0.1, 0.15) is 19.4 Å². The number of hydrogen-bond acceptors (Lipinski definition) is 4. The van der Waals surface area contributed by atoms with Crippen molar-refractivity contribution in [3.63, 3.8) is 0 Å². The number of anilines is 1. The number of carbonyl (C=O) groups excluding carboxylic acids is 1. The number of benzene rings is 2. The summed E-state index contributed by atoms with van der Waals surface area (Å²) in [5, 5.41) is 2.92. The van der Waals surface area contributed by atoms with E-state index >= 15 is 0 Å². The summed E-state index contributed by atoms with van der Waals surface area (Å²) in [6, 6.07) is 13.8. The monoisotopic (exact) mass is 419 g/mol. The summed E-state index contributed by atoms with van der Waals surface area (Å²) in [4.78, 5) is 16.9. The van der Waals surface area contributed by atoms with E-state index in [1.165, 1.54) is 6.21 Å². The first-order chi connectivity index (χ1) is 14.5. The summed E-state index contributed by atoms with van der Waals surface area (Å²) in [6.45, 7) is 5.69. The summed E-state index contributed by atoms with van der Waals surface area (Å²) < 4.78 is 8.88. The normalized spacial score (nSPS) is 12.4. The van der Waals surface area contributed by atoms with Crippen molar-refractivity contribution in [3.8, 4) is 22.6 Å². The average molecular weight is 420 g/mol. The van der Waals surface area contributed by atoms with Crippen LogP contribution in [0.15, 0.2) is 87.2 Å². The van der Waals surface area contributed by atoms with E-state index < -0.39 is 0 Å². The Balaban J connectivity index is 1.84. The number of nitrogens with one attached hydrogen (secondary N) is 1. The number of rotatable bonds is 6. The first kappa shape index (κ1) is 21.3. The largest absolute Gasteiger partial charge is 0.445 e. The van der Waals surface area contributed by atoms with Gasteiger partial charge in [0.15, 0.2) is 0 Å². The molecule has 6 heteroatoms. The molecule has 152 valence electrons. The minimum atomic E-state index is -0.225. The Morgan fingerprint density at radius 3 is 2.53 bits per heavy atom. The molecule has 0 saturated heterocycles. The van der Waals surface area contributed by atoms with Crippen LogP contribution in [0, 0.1) is 6.92 Å². The van der Waals surface area contributed by atoms with Gasteiger partial charge in [0.05, 0.1) is 6.20 Å². The third-order valence-electron chi connectivity index (χ3n) is 4.62. The van der Waals surface area contributed by atoms with Gasteiger partial charge in [0.1, 0.15) is 6.26 Å². The highest BCUT2D eigenvalue weighted by molar-refractivity contribution is 6.19. The maximum Gasteiger partial charge on any atom is 0.255 e. The molecule has 5 nitrogen and oxygen atoms in total. The van der Waals surface area contributed by atoms with Crippen molar-refractivity contribution < 1.29 is 9.21 Å². The van der Waals surface area contributed by atoms with Crippen molar-refractivity contribution in [2.24, 2.45) is 4.51 Å². The molecule has 0 radical (unpaired) electrons. The molecule has 0 aliphatic rings. The van der Waals surface area contributed by atoms with Gasteiger partial charge in [-0.1, -0.05) is 30.4 Å². The molecular formula is C24H22ClN3O2. The zero-order valence-corrected chi connectivity index (χ0v) is 17.8. The van der Waals surface area contributed by atoms with E-state index in [1.54, 1.807) is 31.5 Å². The predicted molar refractivity (Wildman–Crippen MR) is 123 cm³/mol. The molecule has 30 heavy (non-hydrogen) atoms. The van der Waals surface area contributed by atoms with Crippen LogP contribution in [-0.4, -0.2) is 17.1 Å². The van der Waals surface area contributed by atoms with Gasteiger partial charge in [-0.15, -0.1) is 0 Å². The molecule has 1 aromatic heterocycles. The number of carbonyl (C=O) groups is 1. The Bertz CT molecular complexity index is 1110. The molecule has 3 aromatic rings. The molecule has 0 fully saturated rings. The van der Waals surface area contributed by atoms with Crippen LogP contribution in [0.4, 0.5) is 5.69 Å². The molecule has 2 aromatic carbocycles. The van der Waals surface area contributed by atoms with Gasteiger partial charge >= 0.3 is 0 Å². The Hall–Kier alpha value is -3.44. The number of amides is 1. The lowest BCUT2D eigenvalue weighted by molar-refractivity contribution is -0.112. The quantitative estimate of drug-likeness (QED) is 0.286. The third-order valence-corrected chi connectivity index (χ3v) is 4.71. The van der Waals surface area contributed by atoms with Crippen molar-refractivity contribution in [1.82, 2.24) is 4.98 Å². The van der Waals surface area contributed by atoms with Crippen molar-refractivity contribution in [2.45, 2.75) is 20.8 Å². The van der Waals surface area contributed by atoms with Crippen molar-refractivity contribution >= 4 is 29.6 Å². The van der Waals surface area contributed by atoms with Crippen LogP contribution in [0.5, 0.6) is 0 Å². The van der Waals surface area contributed by atoms with Crippen LogP contribution in [-0.2, 0) is 4.79 Å². The number of halogens is 1. The van der Waals surface area contributed by atoms with Crippen molar-refractivity contribution in [1.29, 1.82) is 0 Å². The minimum Gasteiger partial charge on any atom is -0.445 e. The van der Waals surface area contributed by atoms with Crippen LogP contribution in [0.25, 0.3) is 22.6 Å². The van der Waals surface area contributed by atoms with E-state index in [0.29, 0.717) is 22.7 Å². The van der Waals surface area contributed by atoms with Gasteiger partial charge in [-0.3, -0.25) is 4.79 Å². The Morgan fingerprint density at radius 1 is 1.17 bits per heavy atom. The van der Waals surface area contributed by atoms with Gasteiger partial charge in [0.2, 0.25) is 5.89 Å². The molecule has 0 saturated carbocycles. The standard InChI is InChI=1S/C24H22ClN3O2/c1-4-5-21(17(3)15-27-25)23(29)28-20-10-8-18(9-11-20)22-14-19(7-6-16(22)2)24-26-12-13-30-24/h4-15H,1-3H3,(H,28,29)/b5-4-,21-17+,27-15?. The van der Waals surface area contributed by atoms with E-state index in [-0.39, 0.29) is 5.91 Å². The summed E-state index contributed by atoms with van der Waals surface area (Å²) in [5.74, 6) is 0.358. The Morgan fingerprint density at radius 2 is 1.90 bits per heavy atom. The zero-order valence-electron chi connectivity index (χ0n) is 17.0. The van der Waals surface area contributed by atoms with Gasteiger partial charge in [-0.05, 0) is 67.3 Å². The molecule has 0 bridgehead atoms. The van der Waals surface area contributed by atoms with Gasteiger partial charge in [0.25, 0.3) is 5.91 Å². The lowest BCUT2D eigenvalue weighted by Crippen LogP contribution is -2.15. The summed E-state index contributed by atoms with van der Waals surface area (Å²) >= 11 is 5.41. The molecule has 0 atom stereocenters. The molecule has 0 unspecified atom stereocenters. The van der Waals surface area contributed by atoms with Gasteiger partial charge in [-0.2, -0.15) is 4.51 Å². The predicted octanol–water partition coefficient (Wildman–Crippen LogP) is 6.37. The lowest BCUT2D eigenvalue weighted by atomic mass is 9.98. The SMILES string of the molecule is C/C=C\C(C(=O)Nc1ccc(-c2cc(-c3ncco3)ccc2C)cc1)=C(\C)C=NCl. The highest BCUT2D eigenvalue weighted by Crippen LogP contribution is 2.29. The van der Waals surface area contributed by atoms with Gasteiger partial charge in [-0.25, -0.2) is 4.98 Å². The van der Waals surface area contributed by atoms with Gasteiger partial charge < -0.3 is 9.73 Å². The molecule has 3 rings (SSSR count). The van der Waals surface area contributed by atoms with Crippen molar-refractivity contribution in [3.05, 3.63) is 83.8 Å². The molecular weight excluding hydrogens is 398 g/mol. The topological polar surface area (TPSA) is 67.5 Å². The second kappa shape index (κ2) is 9.85. The van der Waals surface area contributed by atoms with E-state index in [0.717, 1.165) is 22.3 Å². The number of hydrogen-bond donors (Lipinski definition) is 1. The van der Waals surface area contributed by atoms with Crippen molar-refractivity contribution in [2.75, 3.05) is 5.32 Å². The first-order valence-corrected chi connectivity index (χ1v) is 9.77. The number of oxazole rings is 1. The minimum absolute atomic E-state index is 0.225. The van der Waals surface area contributed by atoms with Crippen LogP contribution >= 0.6 is 11.8 Å². The van der Waals surface area contributed by atoms with Gasteiger partial charge in [0, 0.05) is 34.8 Å². The second-order valence-electron chi connectivity index (χ2n) is 6.72. The molecule has 1 heterocycles. The van der Waals surface area contributed by atoms with Crippen LogP contribution in [0.3, 0.4) is 0 Å². The molecule has 1 N–H and O–H groups in total. The number of aryl methyl sites for hydroxylation is 1. The van der Waals surface area contributed by atoms with E-state index in [2.05, 4.69) is 27.8 Å². The summed E-state index contributed by atoms with van der Waals surface area (Å²) in [6.07, 6.45) is 8.17. The molecule has 0 aliphatic carbocycles. The summed E-state index contributed by atoms with van der Waals surface area (Å²) in [5.41, 5.74) is 6.03. The molecule has 0 aliphatic heterocycles. The van der Waals surface area contributed by atoms with Crippen LogP contribution < -0.4 is 5.32 Å². The smallest absolute Gasteiger partial charge is 0.255 e. The highest BCUT2D eigenvalue weighted by atomic mass is 35.5. The Kier molecular flexibility index (Phi) is 6.99. The lowest BCUT2D eigenvalue weighted by Gasteiger charge is -2.11. The van der Waals surface area contributed by atoms with Crippen LogP contribution in [0.2, 0.25) is 0 Å². The van der Waals surface area contributed by atoms with E-state index in [9.17, 15) is 4.79 Å². The molecule has 0 spiro atoms. The zero-order chi connectivity index (χ0) is 21.5. The number of aromatic nitrogens is 1. The average Bonchev–Trinajstić information content (AvgIpc) is 3.28. The fraction of sp³-hybridized carbons (Fsp3) is 0.125. The van der Waals surface area contributed by atoms with E-state index in [1.807, 2.05) is 43.3 Å². The first-order valence-electron chi connectivity index (χ1n) is 9.43. The second-order valence-corrected chi connectivity index (χ2v) is 6.92. The fourth-order valence-corrected chi connectivity index (χ4v) is 3.21. The maximum absolute atomic E-state index is 12.7. The molecule has 1 amide bonds. The Labute approximate surface area is 180 Å². The highest BCUT2D eigenvalue weighted by Gasteiger charge is 2.11. The fourth-order valence-electron chi connectivity index (χ4n) is 3.06. The third kappa shape index (κ3) is 4.93.